The Morgan fingerprint density at radius 3 is 2.44 bits per heavy atom. The van der Waals surface area contributed by atoms with Crippen LogP contribution in [0.1, 0.15) is 105 Å². The first-order chi connectivity index (χ1) is 25.8. The number of allylic oxidation sites excluding steroid dienone is 2. The Morgan fingerprint density at radius 2 is 1.76 bits per heavy atom. The summed E-state index contributed by atoms with van der Waals surface area (Å²) in [5.74, 6) is 4.67. The second-order valence-corrected chi connectivity index (χ2v) is 19.8. The van der Waals surface area contributed by atoms with Gasteiger partial charge in [0, 0.05) is 30.5 Å². The van der Waals surface area contributed by atoms with Crippen LogP contribution >= 0.6 is 11.6 Å². The lowest BCUT2D eigenvalue weighted by Crippen LogP contribution is -2.57. The van der Waals surface area contributed by atoms with Crippen LogP contribution in [0.3, 0.4) is 0 Å². The number of Topliss-reactive ketones (excluding diaryl/α,β-unsaturated/α-hetero) is 1. The second-order valence-electron chi connectivity index (χ2n) is 19.3. The fourth-order valence-electron chi connectivity index (χ4n) is 13.4. The molecule has 0 radical (unpaired) electrons. The Hall–Kier alpha value is -2.77. The van der Waals surface area contributed by atoms with Gasteiger partial charge >= 0.3 is 5.97 Å². The molecule has 0 N–H and O–H groups in total. The van der Waals surface area contributed by atoms with Crippen molar-refractivity contribution in [3.05, 3.63) is 52.5 Å². The first-order valence-electron chi connectivity index (χ1n) is 21.2. The Bertz CT molecular complexity index is 1810. The predicted molar refractivity (Wildman–Crippen MR) is 213 cm³/mol. The minimum Gasteiger partial charge on any atom is -0.462 e. The number of imidazole rings is 1. The van der Waals surface area contributed by atoms with E-state index in [0.717, 1.165) is 79.2 Å². The van der Waals surface area contributed by atoms with Crippen LogP contribution in [0.25, 0.3) is 11.3 Å². The molecule has 292 valence electrons. The number of hydrogen-bond acceptors (Lipinski definition) is 6. The topological polar surface area (TPSA) is 81.5 Å². The lowest BCUT2D eigenvalue weighted by molar-refractivity contribution is -0.181. The molecule has 8 rings (SSSR count). The van der Waals surface area contributed by atoms with E-state index < -0.39 is 0 Å². The highest BCUT2D eigenvalue weighted by molar-refractivity contribution is 6.30. The monoisotopic (exact) mass is 755 g/mol. The Labute approximate surface area is 328 Å². The summed E-state index contributed by atoms with van der Waals surface area (Å²) in [5.41, 5.74) is 4.64. The number of fused-ring (bicyclic) bond motifs is 7. The van der Waals surface area contributed by atoms with Gasteiger partial charge in [-0.15, -0.1) is 0 Å². The van der Waals surface area contributed by atoms with Gasteiger partial charge in [-0.05, 0) is 153 Å². The molecule has 0 aliphatic heterocycles. The number of ether oxygens (including phenoxy) is 1. The maximum absolute atomic E-state index is 14.3. The summed E-state index contributed by atoms with van der Waals surface area (Å²) in [6.07, 6.45) is 13.1. The third-order valence-electron chi connectivity index (χ3n) is 16.3. The molecule has 6 aliphatic carbocycles. The van der Waals surface area contributed by atoms with Gasteiger partial charge in [0.2, 0.25) is 0 Å². The molecule has 8 heteroatoms. The molecule has 0 saturated heterocycles. The van der Waals surface area contributed by atoms with Crippen LogP contribution < -0.4 is 0 Å². The average molecular weight is 756 g/mol. The number of hydrogen-bond donors (Lipinski definition) is 0. The molecule has 5 fully saturated rings. The number of likely N-dealkylation sites (N-methyl/N-ethyl adjacent to an activating group) is 1. The van der Waals surface area contributed by atoms with Gasteiger partial charge in [0.15, 0.2) is 5.78 Å². The standard InChI is InChI=1S/C46H62ClN3O4/c1-26(2)41-39(52)23-46(44-48-24-38(50(44)21-20-49(6)7)29-8-10-31(47)11-9-29)19-16-32-33-12-14-36-28(4)40(54-43(53)35-22-30(25-51)27(35)3)17-18-45(36,5)37(33)15-13-34(32)42(41)46/h8-11,24-28,30,32-37,40H,12-23H2,1-7H3. The number of carbonyl (C=O) groups excluding carboxylic acids is 3. The summed E-state index contributed by atoms with van der Waals surface area (Å²) in [6.45, 7) is 13.1. The molecule has 0 bridgehead atoms. The number of benzene rings is 1. The zero-order chi connectivity index (χ0) is 38.3. The van der Waals surface area contributed by atoms with Crippen LogP contribution in [0.4, 0.5) is 0 Å². The molecule has 12 atom stereocenters. The molecule has 1 aromatic carbocycles. The van der Waals surface area contributed by atoms with Crippen molar-refractivity contribution in [1.82, 2.24) is 14.5 Å². The number of ketones is 1. The first kappa shape index (κ1) is 38.1. The van der Waals surface area contributed by atoms with Gasteiger partial charge in [0.1, 0.15) is 18.2 Å². The van der Waals surface area contributed by atoms with Crippen molar-refractivity contribution in [1.29, 1.82) is 0 Å². The maximum Gasteiger partial charge on any atom is 0.309 e. The van der Waals surface area contributed by atoms with Crippen molar-refractivity contribution in [2.75, 3.05) is 20.6 Å². The zero-order valence-corrected chi connectivity index (χ0v) is 34.4. The number of halogens is 1. The van der Waals surface area contributed by atoms with Crippen LogP contribution in [-0.4, -0.2) is 59.2 Å². The molecule has 12 unspecified atom stereocenters. The van der Waals surface area contributed by atoms with E-state index in [0.29, 0.717) is 54.1 Å². The van der Waals surface area contributed by atoms with Gasteiger partial charge < -0.3 is 19.0 Å². The number of esters is 1. The number of aromatic nitrogens is 2. The van der Waals surface area contributed by atoms with Gasteiger partial charge in [-0.1, -0.05) is 58.4 Å². The van der Waals surface area contributed by atoms with Gasteiger partial charge in [-0.3, -0.25) is 9.59 Å². The highest BCUT2D eigenvalue weighted by Gasteiger charge is 2.62. The van der Waals surface area contributed by atoms with Gasteiger partial charge in [0.25, 0.3) is 0 Å². The summed E-state index contributed by atoms with van der Waals surface area (Å²) >= 11 is 6.32. The molecule has 1 heterocycles. The summed E-state index contributed by atoms with van der Waals surface area (Å²) in [4.78, 5) is 46.5. The van der Waals surface area contributed by atoms with E-state index in [1.807, 2.05) is 25.3 Å². The number of rotatable bonds is 9. The molecule has 2 aromatic rings. The van der Waals surface area contributed by atoms with E-state index >= 15 is 0 Å². The summed E-state index contributed by atoms with van der Waals surface area (Å²) in [5, 5.41) is 0.723. The summed E-state index contributed by atoms with van der Waals surface area (Å²) in [7, 11) is 4.24. The molecular weight excluding hydrogens is 694 g/mol. The normalized spacial score (nSPS) is 38.7. The maximum atomic E-state index is 14.3. The highest BCUT2D eigenvalue weighted by Crippen LogP contribution is 2.68. The van der Waals surface area contributed by atoms with Crippen LogP contribution in [0.15, 0.2) is 41.6 Å². The van der Waals surface area contributed by atoms with E-state index in [4.69, 9.17) is 21.3 Å². The lowest BCUT2D eigenvalue weighted by atomic mass is 9.43. The number of carbonyl (C=O) groups is 3. The van der Waals surface area contributed by atoms with Crippen molar-refractivity contribution in [3.8, 4) is 11.3 Å². The molecule has 1 aromatic heterocycles. The quantitative estimate of drug-likeness (QED) is 0.188. The molecule has 0 amide bonds. The summed E-state index contributed by atoms with van der Waals surface area (Å²) in [6, 6.07) is 8.10. The minimum absolute atomic E-state index is 0.00336. The lowest BCUT2D eigenvalue weighted by Gasteiger charge is -2.62. The third kappa shape index (κ3) is 5.99. The van der Waals surface area contributed by atoms with Crippen molar-refractivity contribution < 1.29 is 19.1 Å². The molecule has 5 saturated carbocycles. The fourth-order valence-corrected chi connectivity index (χ4v) is 13.6. The van der Waals surface area contributed by atoms with Crippen molar-refractivity contribution in [3.63, 3.8) is 0 Å². The second kappa shape index (κ2) is 14.3. The SMILES string of the molecule is CC(C)C1=C2C3CCC4C(CCC5C(C)C(OC(=O)C6CC(C=O)C6C)CCC54C)C3CCC2(c2ncc(-c3ccc(Cl)cc3)n2CCN(C)C)CC1=O. The molecular formula is C46H62ClN3O4. The van der Waals surface area contributed by atoms with E-state index in [1.165, 1.54) is 24.8 Å². The smallest absolute Gasteiger partial charge is 0.309 e. The van der Waals surface area contributed by atoms with E-state index in [1.54, 1.807) is 0 Å². The van der Waals surface area contributed by atoms with Gasteiger partial charge in [-0.2, -0.15) is 0 Å². The first-order valence-corrected chi connectivity index (χ1v) is 21.6. The third-order valence-corrected chi connectivity index (χ3v) is 16.5. The van der Waals surface area contributed by atoms with Crippen molar-refractivity contribution in [2.45, 2.75) is 117 Å². The van der Waals surface area contributed by atoms with Gasteiger partial charge in [0.05, 0.1) is 23.2 Å². The number of nitrogens with zero attached hydrogens (tertiary/aromatic N) is 3. The zero-order valence-electron chi connectivity index (χ0n) is 33.7. The highest BCUT2D eigenvalue weighted by atomic mass is 35.5. The van der Waals surface area contributed by atoms with E-state index in [2.05, 4.69) is 63.4 Å². The average Bonchev–Trinajstić information content (AvgIpc) is 3.70. The van der Waals surface area contributed by atoms with Crippen molar-refractivity contribution >= 4 is 29.6 Å². The summed E-state index contributed by atoms with van der Waals surface area (Å²) < 4.78 is 8.74. The Kier molecular flexibility index (Phi) is 10.1. The van der Waals surface area contributed by atoms with E-state index in [9.17, 15) is 14.4 Å². The molecule has 7 nitrogen and oxygen atoms in total. The number of aldehydes is 1. The fraction of sp³-hybridized carbons (Fsp3) is 0.696. The minimum atomic E-state index is -0.358. The molecule has 6 aliphatic rings. The predicted octanol–water partition coefficient (Wildman–Crippen LogP) is 9.21. The Morgan fingerprint density at radius 1 is 1.02 bits per heavy atom. The van der Waals surface area contributed by atoms with Crippen LogP contribution in [0.2, 0.25) is 5.02 Å². The van der Waals surface area contributed by atoms with Gasteiger partial charge in [-0.25, -0.2) is 4.98 Å². The largest absolute Gasteiger partial charge is 0.462 e. The Balaban J connectivity index is 1.08. The van der Waals surface area contributed by atoms with Crippen LogP contribution in [0, 0.1) is 64.6 Å². The molecule has 0 spiro atoms. The van der Waals surface area contributed by atoms with Crippen LogP contribution in [-0.2, 0) is 31.1 Å². The van der Waals surface area contributed by atoms with Crippen LogP contribution in [0.5, 0.6) is 0 Å². The molecule has 54 heavy (non-hydrogen) atoms. The van der Waals surface area contributed by atoms with E-state index in [-0.39, 0.29) is 46.6 Å². The van der Waals surface area contributed by atoms with Crippen molar-refractivity contribution in [2.24, 2.45) is 64.6 Å².